The maximum absolute atomic E-state index is 8.93. The first-order valence-corrected chi connectivity index (χ1v) is 7.43. The number of nitriles is 1. The molecule has 0 unspecified atom stereocenters. The van der Waals surface area contributed by atoms with Crippen molar-refractivity contribution < 1.29 is 14.8 Å². The Morgan fingerprint density at radius 1 is 1.15 bits per heavy atom. The Bertz CT molecular complexity index is 436. The van der Waals surface area contributed by atoms with Gasteiger partial charge in [-0.1, -0.05) is 12.1 Å². The third kappa shape index (κ3) is 4.84. The van der Waals surface area contributed by atoms with Crippen LogP contribution in [0.1, 0.15) is 31.2 Å². The SMILES string of the molecule is N#Cc1ccccc1OCCOCC[NH2+]C1CCCC1. The van der Waals surface area contributed by atoms with Gasteiger partial charge in [-0.05, 0) is 37.8 Å². The smallest absolute Gasteiger partial charge is 0.137 e. The van der Waals surface area contributed by atoms with E-state index in [0.717, 1.165) is 19.2 Å². The predicted molar refractivity (Wildman–Crippen MR) is 76.5 cm³/mol. The van der Waals surface area contributed by atoms with Gasteiger partial charge in [0.15, 0.2) is 0 Å². The second kappa shape index (κ2) is 8.57. The molecule has 4 heteroatoms. The van der Waals surface area contributed by atoms with Gasteiger partial charge in [0.1, 0.15) is 18.4 Å². The summed E-state index contributed by atoms with van der Waals surface area (Å²) in [6.45, 7) is 2.85. The number of hydrogen-bond donors (Lipinski definition) is 1. The molecule has 0 atom stereocenters. The summed E-state index contributed by atoms with van der Waals surface area (Å²) in [5, 5.41) is 11.3. The first kappa shape index (κ1) is 14.8. The average Bonchev–Trinajstić information content (AvgIpc) is 3.00. The molecular weight excluding hydrogens is 252 g/mol. The second-order valence-electron chi connectivity index (χ2n) is 5.14. The summed E-state index contributed by atoms with van der Waals surface area (Å²) in [6.07, 6.45) is 5.48. The van der Waals surface area contributed by atoms with Crippen molar-refractivity contribution in [3.05, 3.63) is 29.8 Å². The van der Waals surface area contributed by atoms with Crippen molar-refractivity contribution in [1.82, 2.24) is 0 Å². The second-order valence-corrected chi connectivity index (χ2v) is 5.14. The summed E-state index contributed by atoms with van der Waals surface area (Å²) in [5.74, 6) is 0.635. The predicted octanol–water partition coefficient (Wildman–Crippen LogP) is 1.46. The van der Waals surface area contributed by atoms with Crippen LogP contribution in [0.2, 0.25) is 0 Å². The van der Waals surface area contributed by atoms with Gasteiger partial charge in [0.05, 0.1) is 31.4 Å². The van der Waals surface area contributed by atoms with Crippen LogP contribution in [-0.4, -0.2) is 32.4 Å². The zero-order chi connectivity index (χ0) is 14.0. The zero-order valence-corrected chi connectivity index (χ0v) is 11.9. The molecule has 1 saturated carbocycles. The lowest BCUT2D eigenvalue weighted by molar-refractivity contribution is -0.689. The highest BCUT2D eigenvalue weighted by Gasteiger charge is 2.16. The van der Waals surface area contributed by atoms with Gasteiger partial charge in [0.25, 0.3) is 0 Å². The summed E-state index contributed by atoms with van der Waals surface area (Å²) >= 11 is 0. The number of nitrogens with two attached hydrogens (primary N) is 1. The Kier molecular flexibility index (Phi) is 6.36. The highest BCUT2D eigenvalue weighted by molar-refractivity contribution is 5.42. The largest absolute Gasteiger partial charge is 0.490 e. The van der Waals surface area contributed by atoms with Gasteiger partial charge < -0.3 is 14.8 Å². The summed E-state index contributed by atoms with van der Waals surface area (Å²) in [4.78, 5) is 0. The third-order valence-electron chi connectivity index (χ3n) is 3.65. The molecule has 108 valence electrons. The Morgan fingerprint density at radius 2 is 1.95 bits per heavy atom. The van der Waals surface area contributed by atoms with Gasteiger partial charge in [-0.25, -0.2) is 0 Å². The van der Waals surface area contributed by atoms with Crippen LogP contribution < -0.4 is 10.1 Å². The topological polar surface area (TPSA) is 58.9 Å². The molecule has 0 spiro atoms. The van der Waals surface area contributed by atoms with Crippen LogP contribution in [-0.2, 0) is 4.74 Å². The van der Waals surface area contributed by atoms with E-state index in [1.165, 1.54) is 25.7 Å². The molecule has 1 fully saturated rings. The van der Waals surface area contributed by atoms with Crippen molar-refractivity contribution in [3.8, 4) is 11.8 Å². The van der Waals surface area contributed by atoms with Gasteiger partial charge in [0, 0.05) is 0 Å². The van der Waals surface area contributed by atoms with E-state index < -0.39 is 0 Å². The van der Waals surface area contributed by atoms with Crippen molar-refractivity contribution in [1.29, 1.82) is 5.26 Å². The van der Waals surface area contributed by atoms with Crippen molar-refractivity contribution in [2.24, 2.45) is 0 Å². The van der Waals surface area contributed by atoms with Gasteiger partial charge >= 0.3 is 0 Å². The Hall–Kier alpha value is -1.57. The lowest BCUT2D eigenvalue weighted by atomic mass is 10.2. The van der Waals surface area contributed by atoms with Gasteiger partial charge in [-0.2, -0.15) is 5.26 Å². The Morgan fingerprint density at radius 3 is 2.75 bits per heavy atom. The van der Waals surface area contributed by atoms with Crippen molar-refractivity contribution in [2.45, 2.75) is 31.7 Å². The standard InChI is InChI=1S/C16H22N2O2/c17-13-14-5-1-4-8-16(14)20-12-11-19-10-9-18-15-6-2-3-7-15/h1,4-5,8,15,18H,2-3,6-7,9-12H2/p+1. The molecule has 0 saturated heterocycles. The number of para-hydroxylation sites is 1. The summed E-state index contributed by atoms with van der Waals surface area (Å²) in [5.41, 5.74) is 0.571. The van der Waals surface area contributed by atoms with E-state index >= 15 is 0 Å². The van der Waals surface area contributed by atoms with E-state index in [0.29, 0.717) is 24.5 Å². The van der Waals surface area contributed by atoms with Crippen molar-refractivity contribution in [3.63, 3.8) is 0 Å². The maximum Gasteiger partial charge on any atom is 0.137 e. The molecule has 0 amide bonds. The minimum Gasteiger partial charge on any atom is -0.490 e. The van der Waals surface area contributed by atoms with Crippen LogP contribution in [0.25, 0.3) is 0 Å². The quantitative estimate of drug-likeness (QED) is 0.731. The van der Waals surface area contributed by atoms with Gasteiger partial charge in [-0.3, -0.25) is 0 Å². The molecule has 2 rings (SSSR count). The van der Waals surface area contributed by atoms with Gasteiger partial charge in [-0.15, -0.1) is 0 Å². The first-order chi connectivity index (χ1) is 9.90. The number of benzene rings is 1. The number of rotatable bonds is 8. The highest BCUT2D eigenvalue weighted by atomic mass is 16.5. The molecule has 1 aromatic carbocycles. The minimum atomic E-state index is 0.488. The van der Waals surface area contributed by atoms with E-state index in [2.05, 4.69) is 11.4 Å². The molecular formula is C16H23N2O2+. The summed E-state index contributed by atoms with van der Waals surface area (Å²) in [6, 6.07) is 10.2. The van der Waals surface area contributed by atoms with E-state index in [1.54, 1.807) is 6.07 Å². The molecule has 0 bridgehead atoms. The Labute approximate surface area is 120 Å². The van der Waals surface area contributed by atoms with Crippen LogP contribution in [0, 0.1) is 11.3 Å². The van der Waals surface area contributed by atoms with Crippen LogP contribution >= 0.6 is 0 Å². The molecule has 1 aromatic rings. The molecule has 20 heavy (non-hydrogen) atoms. The molecule has 0 heterocycles. The molecule has 0 radical (unpaired) electrons. The van der Waals surface area contributed by atoms with Crippen LogP contribution in [0.15, 0.2) is 24.3 Å². The number of nitrogens with zero attached hydrogens (tertiary/aromatic N) is 1. The number of hydrogen-bond acceptors (Lipinski definition) is 3. The van der Waals surface area contributed by atoms with Crippen LogP contribution in [0.3, 0.4) is 0 Å². The fraction of sp³-hybridized carbons (Fsp3) is 0.562. The fourth-order valence-electron chi connectivity index (χ4n) is 2.58. The van der Waals surface area contributed by atoms with Crippen molar-refractivity contribution in [2.75, 3.05) is 26.4 Å². The average molecular weight is 275 g/mol. The number of quaternary nitrogens is 1. The van der Waals surface area contributed by atoms with E-state index in [9.17, 15) is 0 Å². The van der Waals surface area contributed by atoms with E-state index in [1.807, 2.05) is 18.2 Å². The third-order valence-corrected chi connectivity index (χ3v) is 3.65. The molecule has 0 aromatic heterocycles. The maximum atomic E-state index is 8.93. The lowest BCUT2D eigenvalue weighted by Crippen LogP contribution is -2.90. The van der Waals surface area contributed by atoms with Crippen LogP contribution in [0.5, 0.6) is 5.75 Å². The van der Waals surface area contributed by atoms with Gasteiger partial charge in [0.2, 0.25) is 0 Å². The normalized spacial score (nSPS) is 15.2. The summed E-state index contributed by atoms with van der Waals surface area (Å²) in [7, 11) is 0. The van der Waals surface area contributed by atoms with E-state index in [4.69, 9.17) is 14.7 Å². The first-order valence-electron chi connectivity index (χ1n) is 7.43. The minimum absolute atomic E-state index is 0.488. The summed E-state index contributed by atoms with van der Waals surface area (Å²) < 4.78 is 11.1. The highest BCUT2D eigenvalue weighted by Crippen LogP contribution is 2.16. The molecule has 4 nitrogen and oxygen atoms in total. The fourth-order valence-corrected chi connectivity index (χ4v) is 2.58. The monoisotopic (exact) mass is 275 g/mol. The lowest BCUT2D eigenvalue weighted by Gasteiger charge is -2.10. The molecule has 1 aliphatic carbocycles. The van der Waals surface area contributed by atoms with Crippen LogP contribution in [0.4, 0.5) is 0 Å². The van der Waals surface area contributed by atoms with Crippen molar-refractivity contribution >= 4 is 0 Å². The molecule has 0 aliphatic heterocycles. The molecule has 2 N–H and O–H groups in total. The zero-order valence-electron chi connectivity index (χ0n) is 11.9. The number of ether oxygens (including phenoxy) is 2. The molecule has 1 aliphatic rings. The Balaban J connectivity index is 1.52. The van der Waals surface area contributed by atoms with E-state index in [-0.39, 0.29) is 0 Å².